The van der Waals surface area contributed by atoms with Gasteiger partial charge in [0.25, 0.3) is 0 Å². The molecule has 0 aliphatic rings. The molecule has 2 rings (SSSR count). The summed E-state index contributed by atoms with van der Waals surface area (Å²) in [6.45, 7) is 0.685. The highest BCUT2D eigenvalue weighted by molar-refractivity contribution is 5.79. The zero-order chi connectivity index (χ0) is 8.39. The number of aromatic amines is 1. The lowest BCUT2D eigenvalue weighted by Gasteiger charge is -1.98. The van der Waals surface area contributed by atoms with Crippen molar-refractivity contribution in [3.05, 3.63) is 30.1 Å². The summed E-state index contributed by atoms with van der Waals surface area (Å²) in [6, 6.07) is 4.05. The van der Waals surface area contributed by atoms with Crippen LogP contribution in [0.1, 0.15) is 5.56 Å². The molecule has 2 aromatic heterocycles. The first kappa shape index (κ1) is 7.31. The van der Waals surface area contributed by atoms with E-state index in [1.54, 1.807) is 0 Å². The molecule has 0 saturated carbocycles. The molecule has 2 heterocycles. The molecule has 3 nitrogen and oxygen atoms in total. The Morgan fingerprint density at radius 3 is 3.17 bits per heavy atom. The highest BCUT2D eigenvalue weighted by Gasteiger charge is 2.00. The molecule has 62 valence electrons. The van der Waals surface area contributed by atoms with Gasteiger partial charge in [0.1, 0.15) is 5.65 Å². The van der Waals surface area contributed by atoms with Crippen molar-refractivity contribution in [3.8, 4) is 0 Å². The zero-order valence-electron chi connectivity index (χ0n) is 6.75. The second-order valence-electron chi connectivity index (χ2n) is 2.75. The predicted molar refractivity (Wildman–Crippen MR) is 48.9 cm³/mol. The summed E-state index contributed by atoms with van der Waals surface area (Å²) in [5.74, 6) is 0. The van der Waals surface area contributed by atoms with Crippen LogP contribution in [0.2, 0.25) is 0 Å². The van der Waals surface area contributed by atoms with Crippen molar-refractivity contribution in [1.29, 1.82) is 0 Å². The van der Waals surface area contributed by atoms with Gasteiger partial charge < -0.3 is 10.7 Å². The number of fused-ring (bicyclic) bond motifs is 1. The van der Waals surface area contributed by atoms with Crippen LogP contribution in [-0.2, 0) is 6.42 Å². The van der Waals surface area contributed by atoms with Crippen molar-refractivity contribution in [1.82, 2.24) is 9.97 Å². The maximum Gasteiger partial charge on any atom is 0.137 e. The first-order chi connectivity index (χ1) is 5.92. The van der Waals surface area contributed by atoms with Gasteiger partial charge in [-0.2, -0.15) is 0 Å². The smallest absolute Gasteiger partial charge is 0.137 e. The Morgan fingerprint density at radius 1 is 1.42 bits per heavy atom. The van der Waals surface area contributed by atoms with Gasteiger partial charge in [0.2, 0.25) is 0 Å². The summed E-state index contributed by atoms with van der Waals surface area (Å²) >= 11 is 0. The van der Waals surface area contributed by atoms with Gasteiger partial charge in [-0.3, -0.25) is 0 Å². The average Bonchev–Trinajstić information content (AvgIpc) is 2.53. The van der Waals surface area contributed by atoms with Gasteiger partial charge in [-0.25, -0.2) is 4.98 Å². The number of nitrogens with zero attached hydrogens (tertiary/aromatic N) is 1. The predicted octanol–water partition coefficient (Wildman–Crippen LogP) is 1.06. The number of H-pyrrole nitrogens is 1. The van der Waals surface area contributed by atoms with Gasteiger partial charge in [0.15, 0.2) is 0 Å². The van der Waals surface area contributed by atoms with E-state index >= 15 is 0 Å². The van der Waals surface area contributed by atoms with E-state index in [-0.39, 0.29) is 0 Å². The van der Waals surface area contributed by atoms with Crippen LogP contribution in [0.3, 0.4) is 0 Å². The average molecular weight is 161 g/mol. The summed E-state index contributed by atoms with van der Waals surface area (Å²) < 4.78 is 0. The summed E-state index contributed by atoms with van der Waals surface area (Å²) in [5, 5.41) is 1.18. The van der Waals surface area contributed by atoms with Crippen LogP contribution in [0.4, 0.5) is 0 Å². The van der Waals surface area contributed by atoms with Crippen LogP contribution < -0.4 is 5.73 Å². The van der Waals surface area contributed by atoms with E-state index < -0.39 is 0 Å². The fraction of sp³-hybridized carbons (Fsp3) is 0.222. The van der Waals surface area contributed by atoms with Gasteiger partial charge in [-0.15, -0.1) is 0 Å². The van der Waals surface area contributed by atoms with E-state index in [0.29, 0.717) is 6.54 Å². The molecular formula is C9H11N3. The Hall–Kier alpha value is -1.35. The Bertz CT molecular complexity index is 378. The third kappa shape index (κ3) is 1.08. The Morgan fingerprint density at radius 2 is 2.33 bits per heavy atom. The minimum absolute atomic E-state index is 0.685. The van der Waals surface area contributed by atoms with E-state index in [1.807, 2.05) is 24.5 Å². The number of rotatable bonds is 2. The van der Waals surface area contributed by atoms with E-state index in [9.17, 15) is 0 Å². The molecule has 0 unspecified atom stereocenters. The monoisotopic (exact) mass is 161 g/mol. The SMILES string of the molecule is NCCc1ccnc2[nH]ccc12. The summed E-state index contributed by atoms with van der Waals surface area (Å²) in [6.07, 6.45) is 4.62. The van der Waals surface area contributed by atoms with Crippen molar-refractivity contribution >= 4 is 11.0 Å². The molecule has 0 bridgehead atoms. The molecule has 0 atom stereocenters. The lowest BCUT2D eigenvalue weighted by Crippen LogP contribution is -2.02. The van der Waals surface area contributed by atoms with Gasteiger partial charge in [0.05, 0.1) is 0 Å². The molecule has 0 radical (unpaired) electrons. The topological polar surface area (TPSA) is 54.7 Å². The highest BCUT2D eigenvalue weighted by Crippen LogP contribution is 2.14. The summed E-state index contributed by atoms with van der Waals surface area (Å²) in [5.41, 5.74) is 7.70. The molecule has 2 aromatic rings. The first-order valence-electron chi connectivity index (χ1n) is 4.03. The lowest BCUT2D eigenvalue weighted by molar-refractivity contribution is 0.975. The zero-order valence-corrected chi connectivity index (χ0v) is 6.75. The fourth-order valence-electron chi connectivity index (χ4n) is 1.39. The molecule has 0 aliphatic carbocycles. The quantitative estimate of drug-likeness (QED) is 0.692. The van der Waals surface area contributed by atoms with Crippen molar-refractivity contribution in [3.63, 3.8) is 0 Å². The Balaban J connectivity index is 2.57. The molecule has 3 N–H and O–H groups in total. The molecule has 0 spiro atoms. The minimum Gasteiger partial charge on any atom is -0.346 e. The molecule has 12 heavy (non-hydrogen) atoms. The normalized spacial score (nSPS) is 10.8. The maximum absolute atomic E-state index is 5.49. The van der Waals surface area contributed by atoms with Crippen LogP contribution in [-0.4, -0.2) is 16.5 Å². The van der Waals surface area contributed by atoms with Crippen molar-refractivity contribution in [2.24, 2.45) is 5.73 Å². The minimum atomic E-state index is 0.685. The standard InChI is InChI=1S/C9H11N3/c10-4-1-7-2-5-11-9-8(7)3-6-12-9/h2-3,5-6H,1,4,10H2,(H,11,12). The Kier molecular flexibility index (Phi) is 1.80. The third-order valence-corrected chi connectivity index (χ3v) is 1.96. The molecule has 0 saturated heterocycles. The van der Waals surface area contributed by atoms with E-state index in [4.69, 9.17) is 5.73 Å². The van der Waals surface area contributed by atoms with Crippen molar-refractivity contribution < 1.29 is 0 Å². The van der Waals surface area contributed by atoms with Crippen LogP contribution in [0.25, 0.3) is 11.0 Å². The number of pyridine rings is 1. The van der Waals surface area contributed by atoms with Gasteiger partial charge in [-0.1, -0.05) is 0 Å². The molecule has 0 aliphatic heterocycles. The molecule has 0 fully saturated rings. The largest absolute Gasteiger partial charge is 0.346 e. The van der Waals surface area contributed by atoms with Crippen LogP contribution >= 0.6 is 0 Å². The fourth-order valence-corrected chi connectivity index (χ4v) is 1.39. The second-order valence-corrected chi connectivity index (χ2v) is 2.75. The van der Waals surface area contributed by atoms with Crippen LogP contribution in [0.5, 0.6) is 0 Å². The summed E-state index contributed by atoms with van der Waals surface area (Å²) in [4.78, 5) is 7.25. The van der Waals surface area contributed by atoms with E-state index in [2.05, 4.69) is 9.97 Å². The maximum atomic E-state index is 5.49. The van der Waals surface area contributed by atoms with Crippen LogP contribution in [0.15, 0.2) is 24.5 Å². The number of nitrogens with one attached hydrogen (secondary N) is 1. The Labute approximate surface area is 70.6 Å². The number of hydrogen-bond donors (Lipinski definition) is 2. The van der Waals surface area contributed by atoms with Crippen molar-refractivity contribution in [2.75, 3.05) is 6.54 Å². The van der Waals surface area contributed by atoms with Crippen molar-refractivity contribution in [2.45, 2.75) is 6.42 Å². The van der Waals surface area contributed by atoms with E-state index in [0.717, 1.165) is 12.1 Å². The summed E-state index contributed by atoms with van der Waals surface area (Å²) in [7, 11) is 0. The molecule has 0 amide bonds. The lowest BCUT2D eigenvalue weighted by atomic mass is 10.1. The molecular weight excluding hydrogens is 150 g/mol. The second kappa shape index (κ2) is 2.95. The number of aromatic nitrogens is 2. The first-order valence-corrected chi connectivity index (χ1v) is 4.03. The number of hydrogen-bond acceptors (Lipinski definition) is 2. The third-order valence-electron chi connectivity index (χ3n) is 1.96. The molecule has 0 aromatic carbocycles. The van der Waals surface area contributed by atoms with Gasteiger partial charge >= 0.3 is 0 Å². The van der Waals surface area contributed by atoms with E-state index in [1.165, 1.54) is 10.9 Å². The highest BCUT2D eigenvalue weighted by atomic mass is 14.8. The van der Waals surface area contributed by atoms with Gasteiger partial charge in [-0.05, 0) is 30.7 Å². The number of nitrogens with two attached hydrogens (primary N) is 1. The van der Waals surface area contributed by atoms with Gasteiger partial charge in [0, 0.05) is 17.8 Å². The molecule has 3 heteroatoms. The van der Waals surface area contributed by atoms with Crippen LogP contribution in [0, 0.1) is 0 Å².